The quantitative estimate of drug-likeness (QED) is 0.0971. The number of ketones is 1. The van der Waals surface area contributed by atoms with Gasteiger partial charge in [0.05, 0.1) is 4.92 Å². The van der Waals surface area contributed by atoms with Crippen LogP contribution in [-0.2, 0) is 0 Å². The SMILES string of the molecule is CCCCCCCCSc1cccc(C=CC(=O)c2ccc([N+](=O)[O-])cc2)c1. The van der Waals surface area contributed by atoms with Crippen molar-refractivity contribution >= 4 is 29.3 Å². The van der Waals surface area contributed by atoms with Crippen LogP contribution in [0.1, 0.15) is 61.4 Å². The second kappa shape index (κ2) is 12.1. The van der Waals surface area contributed by atoms with Crippen LogP contribution in [0.2, 0.25) is 0 Å². The first-order chi connectivity index (χ1) is 13.6. The molecule has 0 atom stereocenters. The number of allylic oxidation sites excluding steroid dienone is 1. The van der Waals surface area contributed by atoms with Gasteiger partial charge in [-0.1, -0.05) is 57.2 Å². The summed E-state index contributed by atoms with van der Waals surface area (Å²) in [5, 5.41) is 10.7. The van der Waals surface area contributed by atoms with E-state index in [0.717, 1.165) is 11.3 Å². The Labute approximate surface area is 171 Å². The molecule has 0 bridgehead atoms. The minimum Gasteiger partial charge on any atom is -0.289 e. The Kier molecular flexibility index (Phi) is 9.49. The smallest absolute Gasteiger partial charge is 0.269 e. The maximum atomic E-state index is 12.2. The number of non-ortho nitro benzene ring substituents is 1. The van der Waals surface area contributed by atoms with Gasteiger partial charge in [-0.15, -0.1) is 11.8 Å². The topological polar surface area (TPSA) is 60.2 Å². The minimum atomic E-state index is -0.474. The van der Waals surface area contributed by atoms with Crippen molar-refractivity contribution in [1.29, 1.82) is 0 Å². The summed E-state index contributed by atoms with van der Waals surface area (Å²) in [6.07, 6.45) is 11.1. The molecule has 0 spiro atoms. The Morgan fingerprint density at radius 2 is 1.75 bits per heavy atom. The van der Waals surface area contributed by atoms with Gasteiger partial charge in [0.2, 0.25) is 0 Å². The summed E-state index contributed by atoms with van der Waals surface area (Å²) in [6.45, 7) is 2.23. The maximum Gasteiger partial charge on any atom is 0.269 e. The molecule has 0 saturated heterocycles. The van der Waals surface area contributed by atoms with E-state index in [4.69, 9.17) is 0 Å². The van der Waals surface area contributed by atoms with Crippen LogP contribution in [0.5, 0.6) is 0 Å². The predicted molar refractivity (Wildman–Crippen MR) is 117 cm³/mol. The molecule has 0 aliphatic heterocycles. The van der Waals surface area contributed by atoms with Crippen molar-refractivity contribution in [1.82, 2.24) is 0 Å². The van der Waals surface area contributed by atoms with E-state index < -0.39 is 4.92 Å². The Hall–Kier alpha value is -2.40. The van der Waals surface area contributed by atoms with Crippen molar-refractivity contribution in [2.75, 3.05) is 5.75 Å². The first-order valence-corrected chi connectivity index (χ1v) is 10.8. The van der Waals surface area contributed by atoms with Crippen molar-refractivity contribution in [3.05, 3.63) is 75.8 Å². The molecule has 0 aliphatic carbocycles. The Bertz CT molecular complexity index is 800. The Balaban J connectivity index is 1.84. The molecule has 0 unspecified atom stereocenters. The third kappa shape index (κ3) is 7.69. The molecule has 4 nitrogen and oxygen atoms in total. The van der Waals surface area contributed by atoms with Gasteiger partial charge in [0, 0.05) is 22.6 Å². The molecule has 0 N–H and O–H groups in total. The molecule has 0 aliphatic rings. The zero-order valence-electron chi connectivity index (χ0n) is 16.3. The summed E-state index contributed by atoms with van der Waals surface area (Å²) in [5.74, 6) is 0.945. The number of unbranched alkanes of at least 4 members (excludes halogenated alkanes) is 5. The van der Waals surface area contributed by atoms with Gasteiger partial charge in [0.15, 0.2) is 5.78 Å². The molecular formula is C23H27NO3S. The highest BCUT2D eigenvalue weighted by atomic mass is 32.2. The summed E-state index contributed by atoms with van der Waals surface area (Å²) >= 11 is 1.85. The molecule has 2 aromatic carbocycles. The van der Waals surface area contributed by atoms with Crippen molar-refractivity contribution in [3.63, 3.8) is 0 Å². The second-order valence-electron chi connectivity index (χ2n) is 6.69. The van der Waals surface area contributed by atoms with Gasteiger partial charge >= 0.3 is 0 Å². The lowest BCUT2D eigenvalue weighted by molar-refractivity contribution is -0.384. The molecule has 5 heteroatoms. The van der Waals surface area contributed by atoms with Crippen molar-refractivity contribution in [2.45, 2.75) is 50.3 Å². The highest BCUT2D eigenvalue weighted by Gasteiger charge is 2.07. The number of carbonyl (C=O) groups is 1. The summed E-state index contributed by atoms with van der Waals surface area (Å²) in [4.78, 5) is 23.7. The monoisotopic (exact) mass is 397 g/mol. The van der Waals surface area contributed by atoms with Gasteiger partial charge in [0.25, 0.3) is 5.69 Å². The Morgan fingerprint density at radius 1 is 1.04 bits per heavy atom. The van der Waals surface area contributed by atoms with E-state index in [2.05, 4.69) is 19.1 Å². The fourth-order valence-corrected chi connectivity index (χ4v) is 3.77. The first kappa shape index (κ1) is 21.9. The minimum absolute atomic E-state index is 0.0179. The number of hydrogen-bond donors (Lipinski definition) is 0. The lowest BCUT2D eigenvalue weighted by atomic mass is 10.1. The Morgan fingerprint density at radius 3 is 2.46 bits per heavy atom. The lowest BCUT2D eigenvalue weighted by Crippen LogP contribution is -1.95. The number of nitrogens with zero attached hydrogens (tertiary/aromatic N) is 1. The fraction of sp³-hybridized carbons (Fsp3) is 0.348. The van der Waals surface area contributed by atoms with Gasteiger partial charge in [-0.2, -0.15) is 0 Å². The highest BCUT2D eigenvalue weighted by Crippen LogP contribution is 2.22. The third-order valence-corrected chi connectivity index (χ3v) is 5.49. The molecule has 0 radical (unpaired) electrons. The molecule has 0 saturated carbocycles. The summed E-state index contributed by atoms with van der Waals surface area (Å²) in [5.41, 5.74) is 1.40. The largest absolute Gasteiger partial charge is 0.289 e. The number of carbonyl (C=O) groups excluding carboxylic acids is 1. The van der Waals surface area contributed by atoms with E-state index in [1.807, 2.05) is 23.9 Å². The van der Waals surface area contributed by atoms with Crippen LogP contribution >= 0.6 is 11.8 Å². The normalized spacial score (nSPS) is 11.0. The summed E-state index contributed by atoms with van der Waals surface area (Å²) in [7, 11) is 0. The van der Waals surface area contributed by atoms with Crippen LogP contribution < -0.4 is 0 Å². The fourth-order valence-electron chi connectivity index (χ4n) is 2.80. The molecule has 0 fully saturated rings. The number of thioether (sulfide) groups is 1. The van der Waals surface area contributed by atoms with Gasteiger partial charge in [-0.3, -0.25) is 14.9 Å². The summed E-state index contributed by atoms with van der Waals surface area (Å²) in [6, 6.07) is 13.8. The first-order valence-electron chi connectivity index (χ1n) is 9.80. The van der Waals surface area contributed by atoms with Crippen LogP contribution in [-0.4, -0.2) is 16.5 Å². The average Bonchev–Trinajstić information content (AvgIpc) is 2.71. The molecular weight excluding hydrogens is 370 g/mol. The molecule has 0 amide bonds. The van der Waals surface area contributed by atoms with E-state index >= 15 is 0 Å². The van der Waals surface area contributed by atoms with E-state index in [9.17, 15) is 14.9 Å². The number of benzene rings is 2. The second-order valence-corrected chi connectivity index (χ2v) is 7.86. The van der Waals surface area contributed by atoms with Crippen LogP contribution in [0.4, 0.5) is 5.69 Å². The van der Waals surface area contributed by atoms with E-state index in [0.29, 0.717) is 5.56 Å². The van der Waals surface area contributed by atoms with Gasteiger partial charge in [-0.05, 0) is 48.1 Å². The lowest BCUT2D eigenvalue weighted by Gasteiger charge is -2.03. The van der Waals surface area contributed by atoms with Crippen molar-refractivity contribution in [2.24, 2.45) is 0 Å². The number of rotatable bonds is 12. The highest BCUT2D eigenvalue weighted by molar-refractivity contribution is 7.99. The molecule has 0 heterocycles. The van der Waals surface area contributed by atoms with E-state index in [1.54, 1.807) is 6.08 Å². The molecule has 148 valence electrons. The van der Waals surface area contributed by atoms with Crippen LogP contribution in [0.3, 0.4) is 0 Å². The standard InChI is InChI=1S/C23H27NO3S/c1-2-3-4-5-6-7-17-28-22-10-8-9-19(18-22)11-16-23(25)20-12-14-21(15-13-20)24(26)27/h8-16,18H,2-7,17H2,1H3. The van der Waals surface area contributed by atoms with Gasteiger partial charge in [-0.25, -0.2) is 0 Å². The van der Waals surface area contributed by atoms with Crippen molar-refractivity contribution in [3.8, 4) is 0 Å². The molecule has 2 aromatic rings. The number of nitro benzene ring substituents is 1. The number of nitro groups is 1. The zero-order chi connectivity index (χ0) is 20.2. The molecule has 0 aromatic heterocycles. The summed E-state index contributed by atoms with van der Waals surface area (Å²) < 4.78 is 0. The number of hydrogen-bond acceptors (Lipinski definition) is 4. The third-order valence-electron chi connectivity index (χ3n) is 4.41. The average molecular weight is 398 g/mol. The molecule has 28 heavy (non-hydrogen) atoms. The molecule has 2 rings (SSSR count). The van der Waals surface area contributed by atoms with Crippen LogP contribution in [0.25, 0.3) is 6.08 Å². The van der Waals surface area contributed by atoms with Crippen LogP contribution in [0.15, 0.2) is 59.5 Å². The van der Waals surface area contributed by atoms with Gasteiger partial charge < -0.3 is 0 Å². The van der Waals surface area contributed by atoms with E-state index in [-0.39, 0.29) is 11.5 Å². The van der Waals surface area contributed by atoms with Gasteiger partial charge in [0.1, 0.15) is 0 Å². The van der Waals surface area contributed by atoms with Crippen LogP contribution in [0, 0.1) is 10.1 Å². The van der Waals surface area contributed by atoms with Crippen molar-refractivity contribution < 1.29 is 9.72 Å². The maximum absolute atomic E-state index is 12.2. The zero-order valence-corrected chi connectivity index (χ0v) is 17.1. The van der Waals surface area contributed by atoms with E-state index in [1.165, 1.54) is 73.8 Å². The predicted octanol–water partition coefficient (Wildman–Crippen LogP) is 6.94.